The molecule has 0 spiro atoms. The Hall–Kier alpha value is -2.08. The van der Waals surface area contributed by atoms with Crippen LogP contribution in [0.4, 0.5) is 0 Å². The van der Waals surface area contributed by atoms with E-state index in [1.165, 1.54) is 37.7 Å². The van der Waals surface area contributed by atoms with Crippen LogP contribution >= 0.6 is 0 Å². The van der Waals surface area contributed by atoms with Crippen molar-refractivity contribution in [3.05, 3.63) is 29.8 Å². The average Bonchev–Trinajstić information content (AvgIpc) is 2.83. The van der Waals surface area contributed by atoms with Gasteiger partial charge in [0.25, 0.3) is 0 Å². The fraction of sp³-hybridized carbons (Fsp3) is 0.724. The summed E-state index contributed by atoms with van der Waals surface area (Å²) >= 11 is 0. The van der Waals surface area contributed by atoms with Crippen molar-refractivity contribution in [2.75, 3.05) is 33.4 Å². The summed E-state index contributed by atoms with van der Waals surface area (Å²) in [5.74, 6) is 0.749. The van der Waals surface area contributed by atoms with E-state index in [4.69, 9.17) is 9.47 Å². The lowest BCUT2D eigenvalue weighted by atomic mass is 9.84. The SMILES string of the molecule is CCCCCCCc1cccc(OCCCCCC(=O)NC2(CC(=O)OCC)CCN(C)CC2)c1. The molecular weight excluding hydrogens is 440 g/mol. The van der Waals surface area contributed by atoms with Gasteiger partial charge in [0.2, 0.25) is 5.91 Å². The van der Waals surface area contributed by atoms with Gasteiger partial charge in [-0.15, -0.1) is 0 Å². The van der Waals surface area contributed by atoms with Gasteiger partial charge in [0, 0.05) is 19.5 Å². The second kappa shape index (κ2) is 16.6. The van der Waals surface area contributed by atoms with Crippen LogP contribution in [-0.2, 0) is 20.7 Å². The number of aryl methyl sites for hydroxylation is 1. The Kier molecular flexibility index (Phi) is 13.8. The van der Waals surface area contributed by atoms with Crippen LogP contribution in [-0.4, -0.2) is 55.7 Å². The van der Waals surface area contributed by atoms with Crippen LogP contribution in [0.15, 0.2) is 24.3 Å². The Labute approximate surface area is 213 Å². The Morgan fingerprint density at radius 3 is 2.49 bits per heavy atom. The number of carbonyl (C=O) groups excluding carboxylic acids is 2. The third kappa shape index (κ3) is 11.9. The largest absolute Gasteiger partial charge is 0.494 e. The van der Waals surface area contributed by atoms with Gasteiger partial charge in [0.1, 0.15) is 5.75 Å². The van der Waals surface area contributed by atoms with E-state index in [0.717, 1.165) is 57.4 Å². The van der Waals surface area contributed by atoms with Crippen molar-refractivity contribution in [1.82, 2.24) is 10.2 Å². The number of hydrogen-bond acceptors (Lipinski definition) is 5. The van der Waals surface area contributed by atoms with Gasteiger partial charge in [-0.25, -0.2) is 0 Å². The van der Waals surface area contributed by atoms with Gasteiger partial charge in [-0.2, -0.15) is 0 Å². The Morgan fingerprint density at radius 1 is 1.00 bits per heavy atom. The Balaban J connectivity index is 1.65. The number of unbranched alkanes of at least 4 members (excludes halogenated alkanes) is 6. The summed E-state index contributed by atoms with van der Waals surface area (Å²) in [5, 5.41) is 3.20. The van der Waals surface area contributed by atoms with Crippen LogP contribution in [0, 0.1) is 0 Å². The number of likely N-dealkylation sites (tertiary alicyclic amines) is 1. The summed E-state index contributed by atoms with van der Waals surface area (Å²) in [6.07, 6.45) is 12.6. The third-order valence-corrected chi connectivity index (χ3v) is 6.92. The smallest absolute Gasteiger partial charge is 0.308 e. The molecule has 1 aromatic rings. The first-order valence-corrected chi connectivity index (χ1v) is 13.8. The molecule has 6 nitrogen and oxygen atoms in total. The maximum Gasteiger partial charge on any atom is 0.308 e. The van der Waals surface area contributed by atoms with Crippen LogP contribution in [0.25, 0.3) is 0 Å². The first-order chi connectivity index (χ1) is 17.0. The minimum absolute atomic E-state index is 0.0337. The van der Waals surface area contributed by atoms with E-state index in [1.807, 2.05) is 13.0 Å². The van der Waals surface area contributed by atoms with Gasteiger partial charge in [0.15, 0.2) is 0 Å². The standard InChI is InChI=1S/C29H48N2O4/c1-4-6-7-8-10-14-25-15-13-16-26(23-25)35-22-12-9-11-17-27(32)30-29(24-28(33)34-5-2)18-20-31(3)21-19-29/h13,15-16,23H,4-12,14,17-22,24H2,1-3H3,(H,30,32). The topological polar surface area (TPSA) is 67.9 Å². The van der Waals surface area contributed by atoms with Crippen molar-refractivity contribution in [3.63, 3.8) is 0 Å². The molecule has 1 N–H and O–H groups in total. The number of rotatable bonds is 17. The maximum atomic E-state index is 12.7. The molecule has 1 aliphatic heterocycles. The predicted molar refractivity (Wildman–Crippen MR) is 142 cm³/mol. The minimum Gasteiger partial charge on any atom is -0.494 e. The van der Waals surface area contributed by atoms with Crippen molar-refractivity contribution in [2.24, 2.45) is 0 Å². The lowest BCUT2D eigenvalue weighted by molar-refractivity contribution is -0.145. The zero-order valence-corrected chi connectivity index (χ0v) is 22.4. The van der Waals surface area contributed by atoms with E-state index in [2.05, 4.69) is 42.4 Å². The molecule has 0 aromatic heterocycles. The molecule has 1 heterocycles. The number of piperidine rings is 1. The van der Waals surface area contributed by atoms with Crippen LogP contribution in [0.1, 0.15) is 96.5 Å². The van der Waals surface area contributed by atoms with Gasteiger partial charge in [-0.3, -0.25) is 9.59 Å². The fourth-order valence-corrected chi connectivity index (χ4v) is 4.72. The van der Waals surface area contributed by atoms with Crippen molar-refractivity contribution < 1.29 is 19.1 Å². The van der Waals surface area contributed by atoms with Crippen LogP contribution in [0.3, 0.4) is 0 Å². The monoisotopic (exact) mass is 488 g/mol. The number of esters is 1. The molecule has 0 atom stereocenters. The molecule has 2 rings (SSSR count). The maximum absolute atomic E-state index is 12.7. The number of amides is 1. The van der Waals surface area contributed by atoms with Crippen molar-refractivity contribution in [3.8, 4) is 5.75 Å². The molecule has 1 aliphatic rings. The summed E-state index contributed by atoms with van der Waals surface area (Å²) in [6.45, 7) is 6.84. The van der Waals surface area contributed by atoms with Gasteiger partial charge in [-0.1, -0.05) is 44.7 Å². The third-order valence-electron chi connectivity index (χ3n) is 6.92. The molecule has 198 valence electrons. The van der Waals surface area contributed by atoms with Crippen LogP contribution in [0.5, 0.6) is 5.75 Å². The van der Waals surface area contributed by atoms with Gasteiger partial charge < -0.3 is 19.7 Å². The first-order valence-electron chi connectivity index (χ1n) is 13.8. The van der Waals surface area contributed by atoms with Gasteiger partial charge >= 0.3 is 5.97 Å². The summed E-state index contributed by atoms with van der Waals surface area (Å²) in [6, 6.07) is 8.46. The lowest BCUT2D eigenvalue weighted by Crippen LogP contribution is -2.55. The van der Waals surface area contributed by atoms with Crippen LogP contribution in [0.2, 0.25) is 0 Å². The number of nitrogens with one attached hydrogen (secondary N) is 1. The first kappa shape index (κ1) is 29.2. The molecular formula is C29H48N2O4. The quantitative estimate of drug-likeness (QED) is 0.226. The zero-order chi connectivity index (χ0) is 25.4. The molecule has 6 heteroatoms. The van der Waals surface area contributed by atoms with Gasteiger partial charge in [0.05, 0.1) is 25.2 Å². The highest BCUT2D eigenvalue weighted by atomic mass is 16.5. The van der Waals surface area contributed by atoms with E-state index in [1.54, 1.807) is 0 Å². The highest BCUT2D eigenvalue weighted by Gasteiger charge is 2.37. The van der Waals surface area contributed by atoms with E-state index >= 15 is 0 Å². The number of nitrogens with zero attached hydrogens (tertiary/aromatic N) is 1. The van der Waals surface area contributed by atoms with E-state index < -0.39 is 5.54 Å². The fourth-order valence-electron chi connectivity index (χ4n) is 4.72. The molecule has 0 unspecified atom stereocenters. The lowest BCUT2D eigenvalue weighted by Gasteiger charge is -2.40. The number of benzene rings is 1. The summed E-state index contributed by atoms with van der Waals surface area (Å²) in [5.41, 5.74) is 0.876. The Bertz CT molecular complexity index is 744. The molecule has 0 radical (unpaired) electrons. The molecule has 0 aliphatic carbocycles. The molecule has 1 fully saturated rings. The van der Waals surface area contributed by atoms with Crippen molar-refractivity contribution in [2.45, 2.75) is 103 Å². The second-order valence-corrected chi connectivity index (χ2v) is 10.1. The number of hydrogen-bond donors (Lipinski definition) is 1. The Morgan fingerprint density at radius 2 is 1.74 bits per heavy atom. The van der Waals surface area contributed by atoms with Crippen molar-refractivity contribution in [1.29, 1.82) is 0 Å². The summed E-state index contributed by atoms with van der Waals surface area (Å²) in [4.78, 5) is 27.0. The minimum atomic E-state index is -0.472. The predicted octanol–water partition coefficient (Wildman–Crippen LogP) is 5.67. The molecule has 1 amide bonds. The molecule has 1 aromatic carbocycles. The van der Waals surface area contributed by atoms with E-state index in [-0.39, 0.29) is 18.3 Å². The van der Waals surface area contributed by atoms with Crippen LogP contribution < -0.4 is 10.1 Å². The highest BCUT2D eigenvalue weighted by Crippen LogP contribution is 2.26. The molecule has 1 saturated heterocycles. The summed E-state index contributed by atoms with van der Waals surface area (Å²) in [7, 11) is 2.07. The molecule has 0 bridgehead atoms. The van der Waals surface area contributed by atoms with E-state index in [0.29, 0.717) is 19.6 Å². The van der Waals surface area contributed by atoms with Crippen molar-refractivity contribution >= 4 is 11.9 Å². The molecule has 35 heavy (non-hydrogen) atoms. The zero-order valence-electron chi connectivity index (χ0n) is 22.4. The molecule has 0 saturated carbocycles. The summed E-state index contributed by atoms with van der Waals surface area (Å²) < 4.78 is 11.1. The number of ether oxygens (including phenoxy) is 2. The number of carbonyl (C=O) groups is 2. The average molecular weight is 489 g/mol. The normalized spacial score (nSPS) is 15.5. The van der Waals surface area contributed by atoms with E-state index in [9.17, 15) is 9.59 Å². The highest BCUT2D eigenvalue weighted by molar-refractivity contribution is 5.78. The van der Waals surface area contributed by atoms with Gasteiger partial charge in [-0.05, 0) is 76.6 Å². The second-order valence-electron chi connectivity index (χ2n) is 10.1.